The summed E-state index contributed by atoms with van der Waals surface area (Å²) in [7, 11) is 0. The Morgan fingerprint density at radius 2 is 1.73 bits per heavy atom. The normalized spacial score (nSPS) is 9.58. The summed E-state index contributed by atoms with van der Waals surface area (Å²) >= 11 is 0. The number of ether oxygens (including phenoxy) is 2. The number of aryl methyl sites for hydroxylation is 1. The predicted octanol–water partition coefficient (Wildman–Crippen LogP) is 2.85. The maximum atomic E-state index is 7.41. The molecule has 140 valence electrons. The number of unbranched alkanes of at least 4 members (excludes halogenated alkanes) is 2. The van der Waals surface area contributed by atoms with Crippen molar-refractivity contribution in [3.63, 3.8) is 0 Å². The highest BCUT2D eigenvalue weighted by Crippen LogP contribution is 2.14. The van der Waals surface area contributed by atoms with Crippen LogP contribution in [0.15, 0.2) is 42.6 Å². The van der Waals surface area contributed by atoms with Crippen LogP contribution in [0.4, 0.5) is 0 Å². The van der Waals surface area contributed by atoms with Gasteiger partial charge in [-0.25, -0.2) is 0 Å². The van der Waals surface area contributed by atoms with Gasteiger partial charge < -0.3 is 20.9 Å². The van der Waals surface area contributed by atoms with Gasteiger partial charge in [0.25, 0.3) is 0 Å². The van der Waals surface area contributed by atoms with Crippen LogP contribution in [0.3, 0.4) is 0 Å². The van der Waals surface area contributed by atoms with Crippen LogP contribution in [-0.2, 0) is 0 Å². The smallest absolute Gasteiger partial charge is 0.137 e. The molecule has 0 saturated heterocycles. The number of hydrogen-bond acceptors (Lipinski definition) is 5. The first-order chi connectivity index (χ1) is 12.6. The molecule has 0 atom stereocenters. The lowest BCUT2D eigenvalue weighted by Gasteiger charge is -2.08. The number of benzene rings is 1. The zero-order chi connectivity index (χ0) is 19.2. The summed E-state index contributed by atoms with van der Waals surface area (Å²) in [5, 5.41) is 13.3. The summed E-state index contributed by atoms with van der Waals surface area (Å²) in [5.74, 6) is 1.62. The molecule has 0 saturated carbocycles. The molecule has 6 N–H and O–H groups in total. The van der Waals surface area contributed by atoms with Gasteiger partial charge in [0.05, 0.1) is 25.7 Å². The first-order valence-electron chi connectivity index (χ1n) is 8.40. The van der Waals surface area contributed by atoms with E-state index < -0.39 is 0 Å². The van der Waals surface area contributed by atoms with Crippen molar-refractivity contribution in [3.8, 4) is 11.5 Å². The van der Waals surface area contributed by atoms with Crippen molar-refractivity contribution in [2.75, 3.05) is 13.2 Å². The Labute approximate surface area is 154 Å². The van der Waals surface area contributed by atoms with E-state index in [0.717, 1.165) is 42.8 Å². The van der Waals surface area contributed by atoms with Crippen LogP contribution in [0.2, 0.25) is 0 Å². The van der Waals surface area contributed by atoms with E-state index in [0.29, 0.717) is 18.8 Å². The van der Waals surface area contributed by atoms with Crippen LogP contribution in [0.1, 0.15) is 30.5 Å². The fraction of sp³-hybridized carbons (Fsp3) is 0.316. The summed E-state index contributed by atoms with van der Waals surface area (Å²) in [6.45, 7) is 3.29. The third-order valence-corrected chi connectivity index (χ3v) is 3.36. The van der Waals surface area contributed by atoms with E-state index in [2.05, 4.69) is 10.7 Å². The minimum absolute atomic E-state index is 0.0539. The molecule has 0 amide bonds. The maximum Gasteiger partial charge on any atom is 0.137 e. The molecule has 7 nitrogen and oxygen atoms in total. The van der Waals surface area contributed by atoms with Gasteiger partial charge in [-0.3, -0.25) is 15.8 Å². The Morgan fingerprint density at radius 1 is 1.08 bits per heavy atom. The Kier molecular flexibility index (Phi) is 9.91. The Balaban J connectivity index is 0.00000105. The molecule has 1 aromatic heterocycles. The van der Waals surface area contributed by atoms with Gasteiger partial charge in [-0.2, -0.15) is 0 Å². The van der Waals surface area contributed by atoms with E-state index in [1.54, 1.807) is 18.3 Å². The lowest BCUT2D eigenvalue weighted by atomic mass is 10.2. The van der Waals surface area contributed by atoms with E-state index in [1.165, 1.54) is 0 Å². The van der Waals surface area contributed by atoms with Gasteiger partial charge in [0, 0.05) is 11.3 Å². The summed E-state index contributed by atoms with van der Waals surface area (Å²) in [6.07, 6.45) is 5.47. The largest absolute Gasteiger partial charge is 0.494 e. The Hall–Kier alpha value is -3.09. The highest BCUT2D eigenvalue weighted by molar-refractivity contribution is 5.95. The Morgan fingerprint density at radius 3 is 2.31 bits per heavy atom. The molecule has 7 heteroatoms. The highest BCUT2D eigenvalue weighted by Gasteiger charge is 2.00. The molecule has 0 aliphatic rings. The number of nitrogen functional groups attached to an aromatic ring is 1. The van der Waals surface area contributed by atoms with E-state index in [1.807, 2.05) is 31.2 Å². The first-order valence-corrected chi connectivity index (χ1v) is 8.40. The minimum atomic E-state index is 0.0539. The zero-order valence-electron chi connectivity index (χ0n) is 15.1. The number of hydrogen-bond donors (Lipinski definition) is 4. The lowest BCUT2D eigenvalue weighted by molar-refractivity contribution is 0.279. The van der Waals surface area contributed by atoms with Gasteiger partial charge in [-0.1, -0.05) is 12.1 Å². The van der Waals surface area contributed by atoms with E-state index in [-0.39, 0.29) is 5.84 Å². The number of rotatable bonds is 9. The molecule has 0 aliphatic heterocycles. The van der Waals surface area contributed by atoms with Crippen LogP contribution in [-0.4, -0.2) is 30.4 Å². The number of nitrogens with one attached hydrogen (secondary N) is 2. The van der Waals surface area contributed by atoms with E-state index in [9.17, 15) is 0 Å². The van der Waals surface area contributed by atoms with Crippen molar-refractivity contribution < 1.29 is 9.47 Å². The molecule has 2 aromatic rings. The van der Waals surface area contributed by atoms with Crippen LogP contribution < -0.4 is 20.9 Å². The van der Waals surface area contributed by atoms with Gasteiger partial charge in [0.15, 0.2) is 0 Å². The average molecular weight is 357 g/mol. The summed E-state index contributed by atoms with van der Waals surface area (Å²) in [4.78, 5) is 4.19. The molecule has 0 aliphatic carbocycles. The second-order valence-corrected chi connectivity index (χ2v) is 5.50. The quantitative estimate of drug-likeness (QED) is 0.311. The topological polar surface area (TPSA) is 131 Å². The number of nitrogens with two attached hydrogens (primary N) is 2. The van der Waals surface area contributed by atoms with Crippen molar-refractivity contribution in [2.24, 2.45) is 11.5 Å². The third-order valence-electron chi connectivity index (χ3n) is 3.36. The van der Waals surface area contributed by atoms with Crippen LogP contribution in [0.25, 0.3) is 0 Å². The van der Waals surface area contributed by atoms with Gasteiger partial charge in [0.1, 0.15) is 17.3 Å². The first kappa shape index (κ1) is 21.0. The second kappa shape index (κ2) is 12.3. The summed E-state index contributed by atoms with van der Waals surface area (Å²) in [6, 6.07) is 11.2. The van der Waals surface area contributed by atoms with Gasteiger partial charge in [-0.15, -0.1) is 0 Å². The molecule has 0 radical (unpaired) electrons. The SMILES string of the molecule is Cc1ccc(OCCCCCOc2cccc(C(=N)N)c2)cn1.N=CN. The standard InChI is InChI=1S/C18H23N3O2.CH4N2/c1-14-8-9-17(13-21-14)23-11-4-2-3-10-22-16-7-5-6-15(12-16)18(19)20;2-1-3/h5-9,12-13H,2-4,10-11H2,1H3,(H3,19,20);1H,(H3,2,3). The van der Waals surface area contributed by atoms with Gasteiger partial charge in [-0.05, 0) is 50.5 Å². The number of pyridine rings is 1. The van der Waals surface area contributed by atoms with Crippen molar-refractivity contribution >= 4 is 12.2 Å². The number of nitrogens with zero attached hydrogens (tertiary/aromatic N) is 1. The van der Waals surface area contributed by atoms with Crippen molar-refractivity contribution in [3.05, 3.63) is 53.9 Å². The molecule has 0 spiro atoms. The van der Waals surface area contributed by atoms with Crippen molar-refractivity contribution in [1.82, 2.24) is 4.98 Å². The van der Waals surface area contributed by atoms with Gasteiger partial charge >= 0.3 is 0 Å². The maximum absolute atomic E-state index is 7.41. The van der Waals surface area contributed by atoms with E-state index >= 15 is 0 Å². The third kappa shape index (κ3) is 8.68. The lowest BCUT2D eigenvalue weighted by Crippen LogP contribution is -2.11. The average Bonchev–Trinajstić information content (AvgIpc) is 2.63. The molecule has 0 bridgehead atoms. The van der Waals surface area contributed by atoms with Crippen LogP contribution in [0.5, 0.6) is 11.5 Å². The molecule has 2 rings (SSSR count). The monoisotopic (exact) mass is 357 g/mol. The summed E-state index contributed by atoms with van der Waals surface area (Å²) < 4.78 is 11.3. The summed E-state index contributed by atoms with van der Waals surface area (Å²) in [5.41, 5.74) is 11.5. The molecule has 0 fully saturated rings. The van der Waals surface area contributed by atoms with E-state index in [4.69, 9.17) is 26.0 Å². The molecule has 1 aromatic carbocycles. The predicted molar refractivity (Wildman–Crippen MR) is 104 cm³/mol. The van der Waals surface area contributed by atoms with Crippen molar-refractivity contribution in [1.29, 1.82) is 10.8 Å². The molecular formula is C19H27N5O2. The zero-order valence-corrected chi connectivity index (χ0v) is 15.1. The van der Waals surface area contributed by atoms with Gasteiger partial charge in [0.2, 0.25) is 0 Å². The molecular weight excluding hydrogens is 330 g/mol. The number of amidine groups is 1. The fourth-order valence-corrected chi connectivity index (χ4v) is 2.05. The Bertz CT molecular complexity index is 674. The fourth-order valence-electron chi connectivity index (χ4n) is 2.05. The molecule has 0 unspecified atom stereocenters. The second-order valence-electron chi connectivity index (χ2n) is 5.50. The number of aromatic nitrogens is 1. The van der Waals surface area contributed by atoms with Crippen LogP contribution >= 0.6 is 0 Å². The highest BCUT2D eigenvalue weighted by atomic mass is 16.5. The molecule has 26 heavy (non-hydrogen) atoms. The van der Waals surface area contributed by atoms with Crippen LogP contribution in [0, 0.1) is 17.7 Å². The van der Waals surface area contributed by atoms with Crippen molar-refractivity contribution in [2.45, 2.75) is 26.2 Å². The molecule has 1 heterocycles. The minimum Gasteiger partial charge on any atom is -0.494 e.